The van der Waals surface area contributed by atoms with Crippen molar-refractivity contribution in [2.24, 2.45) is 11.7 Å². The van der Waals surface area contributed by atoms with Gasteiger partial charge in [0.2, 0.25) is 0 Å². The Morgan fingerprint density at radius 2 is 1.89 bits per heavy atom. The summed E-state index contributed by atoms with van der Waals surface area (Å²) in [4.78, 5) is 0. The van der Waals surface area contributed by atoms with Gasteiger partial charge in [-0.3, -0.25) is 0 Å². The van der Waals surface area contributed by atoms with E-state index in [4.69, 9.17) is 5.73 Å². The lowest BCUT2D eigenvalue weighted by Crippen LogP contribution is -2.18. The van der Waals surface area contributed by atoms with Crippen molar-refractivity contribution in [3.63, 3.8) is 0 Å². The van der Waals surface area contributed by atoms with Crippen LogP contribution in [0, 0.1) is 5.92 Å². The Morgan fingerprint density at radius 3 is 2.63 bits per heavy atom. The summed E-state index contributed by atoms with van der Waals surface area (Å²) in [5.74, 6) is 0.800. The van der Waals surface area contributed by atoms with E-state index >= 15 is 0 Å². The van der Waals surface area contributed by atoms with Crippen molar-refractivity contribution in [3.05, 3.63) is 48.3 Å². The molecule has 3 heteroatoms. The SMILES string of the molecule is NC(CC1CCCC1)c1ccnn1-c1ccccc1. The summed E-state index contributed by atoms with van der Waals surface area (Å²) in [6.45, 7) is 0. The highest BCUT2D eigenvalue weighted by molar-refractivity contribution is 5.33. The van der Waals surface area contributed by atoms with Gasteiger partial charge in [-0.25, -0.2) is 4.68 Å². The Labute approximate surface area is 114 Å². The van der Waals surface area contributed by atoms with Crippen molar-refractivity contribution in [3.8, 4) is 5.69 Å². The average molecular weight is 255 g/mol. The van der Waals surface area contributed by atoms with Crippen LogP contribution in [-0.4, -0.2) is 9.78 Å². The minimum atomic E-state index is 0.0887. The molecular weight excluding hydrogens is 234 g/mol. The van der Waals surface area contributed by atoms with Crippen LogP contribution < -0.4 is 5.73 Å². The lowest BCUT2D eigenvalue weighted by Gasteiger charge is -2.17. The second kappa shape index (κ2) is 5.57. The molecule has 2 N–H and O–H groups in total. The van der Waals surface area contributed by atoms with E-state index in [1.807, 2.05) is 35.1 Å². The highest BCUT2D eigenvalue weighted by atomic mass is 15.3. The van der Waals surface area contributed by atoms with Gasteiger partial charge in [0.25, 0.3) is 0 Å². The topological polar surface area (TPSA) is 43.8 Å². The number of nitrogens with two attached hydrogens (primary N) is 1. The summed E-state index contributed by atoms with van der Waals surface area (Å²) in [7, 11) is 0. The van der Waals surface area contributed by atoms with Gasteiger partial charge in [-0.15, -0.1) is 0 Å². The molecule has 1 heterocycles. The van der Waals surface area contributed by atoms with Gasteiger partial charge in [0.15, 0.2) is 0 Å². The number of para-hydroxylation sites is 1. The molecule has 1 unspecified atom stereocenters. The second-order valence-corrected chi connectivity index (χ2v) is 5.50. The van der Waals surface area contributed by atoms with Crippen LogP contribution in [0.4, 0.5) is 0 Å². The lowest BCUT2D eigenvalue weighted by atomic mass is 9.97. The largest absolute Gasteiger partial charge is 0.323 e. The van der Waals surface area contributed by atoms with E-state index in [0.717, 1.165) is 23.7 Å². The summed E-state index contributed by atoms with van der Waals surface area (Å²) < 4.78 is 1.97. The van der Waals surface area contributed by atoms with Crippen molar-refractivity contribution >= 4 is 0 Å². The molecule has 0 radical (unpaired) electrons. The van der Waals surface area contributed by atoms with Gasteiger partial charge in [0, 0.05) is 12.2 Å². The van der Waals surface area contributed by atoms with E-state index < -0.39 is 0 Å². The van der Waals surface area contributed by atoms with E-state index in [9.17, 15) is 0 Å². The number of hydrogen-bond donors (Lipinski definition) is 1. The number of benzene rings is 1. The number of rotatable bonds is 4. The third-order valence-electron chi connectivity index (χ3n) is 4.11. The van der Waals surface area contributed by atoms with Gasteiger partial charge in [-0.05, 0) is 30.5 Å². The summed E-state index contributed by atoms with van der Waals surface area (Å²) in [6, 6.07) is 12.4. The first kappa shape index (κ1) is 12.4. The fraction of sp³-hybridized carbons (Fsp3) is 0.438. The highest BCUT2D eigenvalue weighted by Crippen LogP contribution is 2.32. The quantitative estimate of drug-likeness (QED) is 0.909. The fourth-order valence-electron chi connectivity index (χ4n) is 3.11. The maximum Gasteiger partial charge on any atom is 0.0649 e. The van der Waals surface area contributed by atoms with Crippen molar-refractivity contribution in [2.45, 2.75) is 38.1 Å². The molecular formula is C16H21N3. The number of nitrogens with zero attached hydrogens (tertiary/aromatic N) is 2. The van der Waals surface area contributed by atoms with E-state index in [2.05, 4.69) is 17.2 Å². The molecule has 0 aliphatic heterocycles. The normalized spacial score (nSPS) is 17.7. The summed E-state index contributed by atoms with van der Waals surface area (Å²) >= 11 is 0. The molecule has 1 aliphatic rings. The highest BCUT2D eigenvalue weighted by Gasteiger charge is 2.21. The summed E-state index contributed by atoms with van der Waals surface area (Å²) in [5, 5.41) is 4.42. The minimum Gasteiger partial charge on any atom is -0.323 e. The van der Waals surface area contributed by atoms with Crippen molar-refractivity contribution in [2.75, 3.05) is 0 Å². The first-order valence-corrected chi connectivity index (χ1v) is 7.19. The van der Waals surface area contributed by atoms with Crippen molar-refractivity contribution in [1.29, 1.82) is 0 Å². The maximum absolute atomic E-state index is 6.40. The zero-order chi connectivity index (χ0) is 13.1. The molecule has 1 atom stereocenters. The minimum absolute atomic E-state index is 0.0887. The Bertz CT molecular complexity index is 512. The predicted molar refractivity (Wildman–Crippen MR) is 77.1 cm³/mol. The van der Waals surface area contributed by atoms with Crippen LogP contribution in [0.15, 0.2) is 42.6 Å². The van der Waals surface area contributed by atoms with Gasteiger partial charge < -0.3 is 5.73 Å². The molecule has 1 fully saturated rings. The van der Waals surface area contributed by atoms with Crippen LogP contribution in [0.2, 0.25) is 0 Å². The van der Waals surface area contributed by atoms with Crippen LogP contribution in [0.1, 0.15) is 43.8 Å². The Morgan fingerprint density at radius 1 is 1.16 bits per heavy atom. The van der Waals surface area contributed by atoms with Gasteiger partial charge in [0.1, 0.15) is 0 Å². The molecule has 1 aliphatic carbocycles. The van der Waals surface area contributed by atoms with Crippen LogP contribution in [-0.2, 0) is 0 Å². The van der Waals surface area contributed by atoms with Crippen LogP contribution in [0.5, 0.6) is 0 Å². The smallest absolute Gasteiger partial charge is 0.0649 e. The lowest BCUT2D eigenvalue weighted by molar-refractivity contribution is 0.440. The van der Waals surface area contributed by atoms with E-state index in [1.165, 1.54) is 25.7 Å². The van der Waals surface area contributed by atoms with E-state index in [1.54, 1.807) is 0 Å². The van der Waals surface area contributed by atoms with E-state index in [0.29, 0.717) is 0 Å². The van der Waals surface area contributed by atoms with Gasteiger partial charge in [-0.1, -0.05) is 43.9 Å². The Hall–Kier alpha value is -1.61. The average Bonchev–Trinajstić information content (AvgIpc) is 3.10. The molecule has 1 aromatic carbocycles. The molecule has 100 valence electrons. The maximum atomic E-state index is 6.40. The molecule has 0 amide bonds. The first-order valence-electron chi connectivity index (χ1n) is 7.19. The summed E-state index contributed by atoms with van der Waals surface area (Å²) in [6.07, 6.45) is 8.35. The van der Waals surface area contributed by atoms with Crippen molar-refractivity contribution < 1.29 is 0 Å². The van der Waals surface area contributed by atoms with Gasteiger partial charge in [0.05, 0.1) is 11.4 Å². The van der Waals surface area contributed by atoms with E-state index in [-0.39, 0.29) is 6.04 Å². The van der Waals surface area contributed by atoms with Crippen LogP contribution in [0.25, 0.3) is 5.69 Å². The number of aromatic nitrogens is 2. The molecule has 1 aromatic heterocycles. The third-order valence-corrected chi connectivity index (χ3v) is 4.11. The molecule has 0 saturated heterocycles. The first-order chi connectivity index (χ1) is 9.34. The molecule has 3 nitrogen and oxygen atoms in total. The van der Waals surface area contributed by atoms with Gasteiger partial charge in [-0.2, -0.15) is 5.10 Å². The monoisotopic (exact) mass is 255 g/mol. The third kappa shape index (κ3) is 2.71. The Balaban J connectivity index is 1.79. The summed E-state index contributed by atoms with van der Waals surface area (Å²) in [5.41, 5.74) is 8.61. The Kier molecular flexibility index (Phi) is 3.65. The van der Waals surface area contributed by atoms with Crippen molar-refractivity contribution in [1.82, 2.24) is 9.78 Å². The molecule has 19 heavy (non-hydrogen) atoms. The van der Waals surface area contributed by atoms with Crippen LogP contribution in [0.3, 0.4) is 0 Å². The second-order valence-electron chi connectivity index (χ2n) is 5.50. The molecule has 2 aromatic rings. The molecule has 0 bridgehead atoms. The van der Waals surface area contributed by atoms with Gasteiger partial charge >= 0.3 is 0 Å². The standard InChI is InChI=1S/C16H21N3/c17-15(12-13-6-4-5-7-13)16-10-11-18-19(16)14-8-2-1-3-9-14/h1-3,8-11,13,15H,4-7,12,17H2. The molecule has 0 spiro atoms. The predicted octanol–water partition coefficient (Wildman–Crippen LogP) is 3.45. The zero-order valence-electron chi connectivity index (χ0n) is 11.2. The molecule has 1 saturated carbocycles. The zero-order valence-corrected chi connectivity index (χ0v) is 11.2. The van der Waals surface area contributed by atoms with Crippen LogP contribution >= 0.6 is 0 Å². The fourth-order valence-corrected chi connectivity index (χ4v) is 3.11. The number of hydrogen-bond acceptors (Lipinski definition) is 2. The molecule has 3 rings (SSSR count).